The van der Waals surface area contributed by atoms with Crippen LogP contribution in [0.2, 0.25) is 0 Å². The van der Waals surface area contributed by atoms with Gasteiger partial charge in [-0.15, -0.1) is 11.3 Å². The van der Waals surface area contributed by atoms with Crippen LogP contribution < -0.4 is 10.6 Å². The number of benzene rings is 1. The summed E-state index contributed by atoms with van der Waals surface area (Å²) in [5.74, 6) is 0. The second-order valence-corrected chi connectivity index (χ2v) is 6.42. The van der Waals surface area contributed by atoms with Gasteiger partial charge in [0.25, 0.3) is 0 Å². The van der Waals surface area contributed by atoms with Crippen molar-refractivity contribution in [2.75, 3.05) is 6.54 Å². The molecule has 0 spiro atoms. The smallest absolute Gasteiger partial charge is 0.315 e. The highest BCUT2D eigenvalue weighted by molar-refractivity contribution is 7.09. The van der Waals surface area contributed by atoms with Crippen LogP contribution in [-0.4, -0.2) is 27.3 Å². The number of hydrogen-bond acceptors (Lipinski definition) is 4. The highest BCUT2D eigenvalue weighted by Gasteiger charge is 2.09. The summed E-state index contributed by atoms with van der Waals surface area (Å²) in [5, 5.41) is 12.0. The van der Waals surface area contributed by atoms with Crippen LogP contribution in [0.25, 0.3) is 5.69 Å². The SMILES string of the molecule is CC(NC(=O)NCCc1cccs1)c1ccc(-n2cncn2)cc1. The summed E-state index contributed by atoms with van der Waals surface area (Å²) in [6, 6.07) is 11.7. The van der Waals surface area contributed by atoms with Crippen LogP contribution in [0.3, 0.4) is 0 Å². The fourth-order valence-corrected chi connectivity index (χ4v) is 3.05. The molecule has 0 saturated carbocycles. The molecule has 0 saturated heterocycles. The van der Waals surface area contributed by atoms with Crippen LogP contribution in [-0.2, 0) is 6.42 Å². The summed E-state index contributed by atoms with van der Waals surface area (Å²) in [5.41, 5.74) is 1.97. The van der Waals surface area contributed by atoms with Gasteiger partial charge in [0, 0.05) is 11.4 Å². The first-order valence-electron chi connectivity index (χ1n) is 7.74. The van der Waals surface area contributed by atoms with Crippen molar-refractivity contribution in [3.05, 3.63) is 64.9 Å². The average molecular weight is 341 g/mol. The number of amides is 2. The zero-order chi connectivity index (χ0) is 16.8. The molecule has 1 atom stereocenters. The standard InChI is InChI=1S/C17H19N5OS/c1-13(21-17(23)19-9-8-16-3-2-10-24-16)14-4-6-15(7-5-14)22-12-18-11-20-22/h2-7,10-13H,8-9H2,1H3,(H2,19,21,23). The van der Waals surface area contributed by atoms with Crippen LogP contribution in [0.1, 0.15) is 23.4 Å². The van der Waals surface area contributed by atoms with E-state index in [2.05, 4.69) is 26.8 Å². The monoisotopic (exact) mass is 341 g/mol. The van der Waals surface area contributed by atoms with E-state index < -0.39 is 0 Å². The third kappa shape index (κ3) is 4.20. The van der Waals surface area contributed by atoms with Gasteiger partial charge in [-0.2, -0.15) is 5.10 Å². The van der Waals surface area contributed by atoms with Gasteiger partial charge in [-0.25, -0.2) is 14.5 Å². The van der Waals surface area contributed by atoms with Crippen LogP contribution >= 0.6 is 11.3 Å². The van der Waals surface area contributed by atoms with Crippen molar-refractivity contribution in [3.63, 3.8) is 0 Å². The lowest BCUT2D eigenvalue weighted by atomic mass is 10.1. The number of nitrogens with one attached hydrogen (secondary N) is 2. The minimum Gasteiger partial charge on any atom is -0.338 e. The molecular weight excluding hydrogens is 322 g/mol. The van der Waals surface area contributed by atoms with Gasteiger partial charge in [0.05, 0.1) is 11.7 Å². The number of urea groups is 1. The molecule has 7 heteroatoms. The predicted octanol–water partition coefficient (Wildman–Crippen LogP) is 2.93. The number of rotatable bonds is 6. The number of nitrogens with zero attached hydrogens (tertiary/aromatic N) is 3. The molecule has 2 aromatic heterocycles. The molecule has 3 aromatic rings. The van der Waals surface area contributed by atoms with Crippen molar-refractivity contribution >= 4 is 17.4 Å². The van der Waals surface area contributed by atoms with Gasteiger partial charge in [0.15, 0.2) is 0 Å². The first-order chi connectivity index (χ1) is 11.7. The molecule has 1 aromatic carbocycles. The first-order valence-corrected chi connectivity index (χ1v) is 8.62. The molecule has 2 N–H and O–H groups in total. The highest BCUT2D eigenvalue weighted by Crippen LogP contribution is 2.15. The Morgan fingerprint density at radius 2 is 2.12 bits per heavy atom. The highest BCUT2D eigenvalue weighted by atomic mass is 32.1. The maximum absolute atomic E-state index is 12.0. The Morgan fingerprint density at radius 3 is 2.79 bits per heavy atom. The summed E-state index contributed by atoms with van der Waals surface area (Å²) in [6.45, 7) is 2.59. The van der Waals surface area contributed by atoms with E-state index >= 15 is 0 Å². The summed E-state index contributed by atoms with van der Waals surface area (Å²) >= 11 is 1.70. The molecule has 3 rings (SSSR count). The molecule has 2 amide bonds. The molecule has 1 unspecified atom stereocenters. The van der Waals surface area contributed by atoms with Gasteiger partial charge in [0.1, 0.15) is 12.7 Å². The molecule has 6 nitrogen and oxygen atoms in total. The van der Waals surface area contributed by atoms with Crippen molar-refractivity contribution in [2.24, 2.45) is 0 Å². The Kier molecular flexibility index (Phi) is 5.22. The van der Waals surface area contributed by atoms with Crippen molar-refractivity contribution in [3.8, 4) is 5.69 Å². The van der Waals surface area contributed by atoms with Crippen molar-refractivity contribution in [1.82, 2.24) is 25.4 Å². The maximum atomic E-state index is 12.0. The average Bonchev–Trinajstić information content (AvgIpc) is 3.29. The quantitative estimate of drug-likeness (QED) is 0.724. The van der Waals surface area contributed by atoms with E-state index in [9.17, 15) is 4.79 Å². The Bertz CT molecular complexity index is 753. The molecule has 0 radical (unpaired) electrons. The fourth-order valence-electron chi connectivity index (χ4n) is 2.34. The third-order valence-corrected chi connectivity index (χ3v) is 4.60. The second kappa shape index (κ2) is 7.74. The number of hydrogen-bond donors (Lipinski definition) is 2. The van der Waals surface area contributed by atoms with Crippen molar-refractivity contribution in [1.29, 1.82) is 0 Å². The molecule has 2 heterocycles. The Balaban J connectivity index is 1.48. The minimum atomic E-state index is -0.153. The zero-order valence-corrected chi connectivity index (χ0v) is 14.2. The van der Waals surface area contributed by atoms with E-state index in [-0.39, 0.29) is 12.1 Å². The van der Waals surface area contributed by atoms with E-state index in [1.54, 1.807) is 22.3 Å². The van der Waals surface area contributed by atoms with Gasteiger partial charge in [0.2, 0.25) is 0 Å². The summed E-state index contributed by atoms with van der Waals surface area (Å²) in [4.78, 5) is 17.2. The summed E-state index contributed by atoms with van der Waals surface area (Å²) in [7, 11) is 0. The Labute approximate surface area is 144 Å². The normalized spacial score (nSPS) is 11.9. The lowest BCUT2D eigenvalue weighted by Crippen LogP contribution is -2.37. The number of thiophene rings is 1. The number of carbonyl (C=O) groups excluding carboxylic acids is 1. The van der Waals surface area contributed by atoms with Crippen LogP contribution in [0, 0.1) is 0 Å². The zero-order valence-electron chi connectivity index (χ0n) is 13.3. The lowest BCUT2D eigenvalue weighted by Gasteiger charge is -2.15. The molecule has 0 fully saturated rings. The van der Waals surface area contributed by atoms with E-state index in [0.29, 0.717) is 6.54 Å². The van der Waals surface area contributed by atoms with E-state index in [1.807, 2.05) is 42.6 Å². The van der Waals surface area contributed by atoms with Crippen molar-refractivity contribution < 1.29 is 4.79 Å². The summed E-state index contributed by atoms with van der Waals surface area (Å²) in [6.07, 6.45) is 4.00. The Morgan fingerprint density at radius 1 is 1.29 bits per heavy atom. The van der Waals surface area contributed by atoms with Gasteiger partial charge >= 0.3 is 6.03 Å². The van der Waals surface area contributed by atoms with Gasteiger partial charge < -0.3 is 10.6 Å². The summed E-state index contributed by atoms with van der Waals surface area (Å²) < 4.78 is 1.69. The number of carbonyl (C=O) groups is 1. The molecule has 0 aliphatic heterocycles. The van der Waals surface area contributed by atoms with E-state index in [1.165, 1.54) is 11.2 Å². The minimum absolute atomic E-state index is 0.0727. The van der Waals surface area contributed by atoms with Gasteiger partial charge in [-0.3, -0.25) is 0 Å². The molecule has 124 valence electrons. The largest absolute Gasteiger partial charge is 0.338 e. The topological polar surface area (TPSA) is 71.8 Å². The van der Waals surface area contributed by atoms with Crippen LogP contribution in [0.15, 0.2) is 54.4 Å². The van der Waals surface area contributed by atoms with Crippen LogP contribution in [0.5, 0.6) is 0 Å². The number of aromatic nitrogens is 3. The van der Waals surface area contributed by atoms with E-state index in [4.69, 9.17) is 0 Å². The third-order valence-electron chi connectivity index (χ3n) is 3.66. The van der Waals surface area contributed by atoms with Crippen LogP contribution in [0.4, 0.5) is 4.79 Å². The lowest BCUT2D eigenvalue weighted by molar-refractivity contribution is 0.238. The van der Waals surface area contributed by atoms with Crippen molar-refractivity contribution in [2.45, 2.75) is 19.4 Å². The van der Waals surface area contributed by atoms with E-state index in [0.717, 1.165) is 17.7 Å². The molecule has 0 aliphatic rings. The maximum Gasteiger partial charge on any atom is 0.315 e. The molecule has 0 bridgehead atoms. The fraction of sp³-hybridized carbons (Fsp3) is 0.235. The molecule has 0 aliphatic carbocycles. The molecule has 24 heavy (non-hydrogen) atoms. The van der Waals surface area contributed by atoms with Gasteiger partial charge in [-0.05, 0) is 42.5 Å². The first kappa shape index (κ1) is 16.2. The second-order valence-electron chi connectivity index (χ2n) is 5.38. The Hall–Kier alpha value is -2.67. The predicted molar refractivity (Wildman–Crippen MR) is 94.3 cm³/mol. The van der Waals surface area contributed by atoms with Gasteiger partial charge in [-0.1, -0.05) is 18.2 Å². The molecular formula is C17H19N5OS.